The molecular formula is C42H53N3O8S. The first-order chi connectivity index (χ1) is 26.1. The molecule has 0 aromatic heterocycles. The van der Waals surface area contributed by atoms with Crippen LogP contribution in [0.25, 0.3) is 10.8 Å². The molecule has 0 atom stereocenters. The van der Waals surface area contributed by atoms with E-state index in [0.29, 0.717) is 17.4 Å². The van der Waals surface area contributed by atoms with Crippen LogP contribution in [-0.2, 0) is 10.1 Å². The number of carboxylic acids is 1. The average Bonchev–Trinajstić information content (AvgIpc) is 3.16. The number of hydrogen-bond acceptors (Lipinski definition) is 8. The van der Waals surface area contributed by atoms with Crippen LogP contribution in [0.5, 0.6) is 11.5 Å². The zero-order valence-corrected chi connectivity index (χ0v) is 32.0. The topological polar surface area (TPSA) is 175 Å². The van der Waals surface area contributed by atoms with Crippen LogP contribution < -0.4 is 10.1 Å². The molecule has 4 rings (SSSR count). The van der Waals surface area contributed by atoms with Gasteiger partial charge in [0.15, 0.2) is 0 Å². The summed E-state index contributed by atoms with van der Waals surface area (Å²) in [5, 5.41) is 32.4. The summed E-state index contributed by atoms with van der Waals surface area (Å²) in [6.45, 7) is 2.59. The summed E-state index contributed by atoms with van der Waals surface area (Å²) in [5.41, 5.74) is 0.338. The van der Waals surface area contributed by atoms with Crippen LogP contribution in [0.15, 0.2) is 87.9 Å². The minimum absolute atomic E-state index is 0.00663. The van der Waals surface area contributed by atoms with E-state index in [1.807, 2.05) is 0 Å². The highest BCUT2D eigenvalue weighted by molar-refractivity contribution is 7.85. The molecule has 0 heterocycles. The lowest BCUT2D eigenvalue weighted by Crippen LogP contribution is -2.14. The Kier molecular flexibility index (Phi) is 16.9. The van der Waals surface area contributed by atoms with Crippen LogP contribution in [0.2, 0.25) is 0 Å². The molecule has 0 saturated carbocycles. The van der Waals surface area contributed by atoms with E-state index in [1.165, 1.54) is 113 Å². The summed E-state index contributed by atoms with van der Waals surface area (Å²) in [5.74, 6) is -2.04. The van der Waals surface area contributed by atoms with E-state index >= 15 is 0 Å². The molecule has 54 heavy (non-hydrogen) atoms. The Morgan fingerprint density at radius 1 is 0.704 bits per heavy atom. The third-order valence-corrected chi connectivity index (χ3v) is 10.2. The first-order valence-electron chi connectivity index (χ1n) is 19.1. The van der Waals surface area contributed by atoms with Gasteiger partial charge < -0.3 is 20.3 Å². The minimum Gasteiger partial charge on any atom is -0.506 e. The number of rotatable bonds is 24. The van der Waals surface area contributed by atoms with E-state index in [2.05, 4.69) is 22.5 Å². The van der Waals surface area contributed by atoms with E-state index in [9.17, 15) is 32.8 Å². The molecule has 0 saturated heterocycles. The number of benzene rings is 4. The van der Waals surface area contributed by atoms with Gasteiger partial charge in [0, 0.05) is 10.8 Å². The van der Waals surface area contributed by atoms with Gasteiger partial charge in [-0.15, -0.1) is 5.11 Å². The second kappa shape index (κ2) is 21.8. The molecule has 1 amide bonds. The molecule has 290 valence electrons. The van der Waals surface area contributed by atoms with Crippen LogP contribution in [-0.4, -0.2) is 41.7 Å². The molecule has 0 aliphatic heterocycles. The molecule has 4 aromatic rings. The number of carbonyl (C=O) groups excluding carboxylic acids is 1. The number of aromatic carboxylic acids is 1. The maximum atomic E-state index is 13.7. The van der Waals surface area contributed by atoms with Crippen molar-refractivity contribution in [2.75, 3.05) is 11.9 Å². The largest absolute Gasteiger partial charge is 0.506 e. The van der Waals surface area contributed by atoms with Crippen LogP contribution in [0, 0.1) is 0 Å². The molecule has 0 unspecified atom stereocenters. The van der Waals surface area contributed by atoms with Crippen molar-refractivity contribution < 1.29 is 37.5 Å². The van der Waals surface area contributed by atoms with Gasteiger partial charge in [0.05, 0.1) is 39.7 Å². The van der Waals surface area contributed by atoms with Crippen molar-refractivity contribution in [2.24, 2.45) is 10.2 Å². The normalized spacial score (nSPS) is 11.7. The van der Waals surface area contributed by atoms with Gasteiger partial charge in [-0.2, -0.15) is 13.5 Å². The van der Waals surface area contributed by atoms with Gasteiger partial charge >= 0.3 is 5.97 Å². The number of carbonyl (C=O) groups is 2. The Labute approximate surface area is 318 Å². The third-order valence-electron chi connectivity index (χ3n) is 9.36. The predicted octanol–water partition coefficient (Wildman–Crippen LogP) is 11.8. The number of nitrogens with one attached hydrogen (secondary N) is 1. The summed E-state index contributed by atoms with van der Waals surface area (Å²) in [6, 6.07) is 17.6. The molecule has 0 aliphatic carbocycles. The number of aromatic hydroxyl groups is 1. The number of phenolic OH excluding ortho intramolecular Hbond substituents is 1. The fourth-order valence-corrected chi connectivity index (χ4v) is 6.83. The van der Waals surface area contributed by atoms with Crippen molar-refractivity contribution in [3.05, 3.63) is 83.9 Å². The second-order valence-corrected chi connectivity index (χ2v) is 15.1. The number of amides is 1. The quantitative estimate of drug-likeness (QED) is 0.0310. The number of ether oxygens (including phenoxy) is 1. The van der Waals surface area contributed by atoms with Gasteiger partial charge in [-0.3, -0.25) is 9.35 Å². The Morgan fingerprint density at radius 3 is 1.89 bits per heavy atom. The maximum absolute atomic E-state index is 13.7. The molecule has 0 spiro atoms. The fraction of sp³-hybridized carbons (Fsp3) is 0.429. The molecule has 11 nitrogen and oxygen atoms in total. The Bertz CT molecular complexity index is 1980. The zero-order chi connectivity index (χ0) is 38.8. The van der Waals surface area contributed by atoms with E-state index < -0.39 is 26.9 Å². The van der Waals surface area contributed by atoms with Crippen LogP contribution in [0.3, 0.4) is 0 Å². The number of anilines is 1. The molecule has 0 fully saturated rings. The monoisotopic (exact) mass is 759 g/mol. The molecule has 0 aliphatic rings. The predicted molar refractivity (Wildman–Crippen MR) is 212 cm³/mol. The van der Waals surface area contributed by atoms with Gasteiger partial charge in [-0.25, -0.2) is 4.79 Å². The second-order valence-electron chi connectivity index (χ2n) is 13.6. The molecule has 4 aromatic carbocycles. The molecule has 12 heteroatoms. The minimum atomic E-state index is -4.60. The van der Waals surface area contributed by atoms with E-state index in [1.54, 1.807) is 30.3 Å². The van der Waals surface area contributed by atoms with E-state index in [-0.39, 0.29) is 39.7 Å². The highest BCUT2D eigenvalue weighted by Crippen LogP contribution is 2.38. The summed E-state index contributed by atoms with van der Waals surface area (Å²) < 4.78 is 39.6. The van der Waals surface area contributed by atoms with Crippen molar-refractivity contribution in [3.8, 4) is 11.5 Å². The van der Waals surface area contributed by atoms with Crippen molar-refractivity contribution in [2.45, 2.75) is 115 Å². The Hall–Kier alpha value is -4.81. The first-order valence-corrected chi connectivity index (χ1v) is 20.6. The van der Waals surface area contributed by atoms with Gasteiger partial charge in [-0.1, -0.05) is 134 Å². The summed E-state index contributed by atoms with van der Waals surface area (Å²) in [7, 11) is -4.60. The van der Waals surface area contributed by atoms with Crippen molar-refractivity contribution in [1.29, 1.82) is 0 Å². The summed E-state index contributed by atoms with van der Waals surface area (Å²) >= 11 is 0. The SMILES string of the molecule is CCCCCCCCCCCCCCCCCCOc1ccc(S(=O)(=O)O)cc1NC(=O)c1cc(N=Nc2cccc(C(=O)O)c2)c2ccccc2c1O. The number of nitrogens with zero attached hydrogens (tertiary/aromatic N) is 2. The maximum Gasteiger partial charge on any atom is 0.335 e. The summed E-state index contributed by atoms with van der Waals surface area (Å²) in [4.78, 5) is 24.7. The smallest absolute Gasteiger partial charge is 0.335 e. The lowest BCUT2D eigenvalue weighted by molar-refractivity contribution is 0.0696. The highest BCUT2D eigenvalue weighted by Gasteiger charge is 2.21. The van der Waals surface area contributed by atoms with E-state index in [4.69, 9.17) is 4.74 Å². The van der Waals surface area contributed by atoms with Crippen molar-refractivity contribution in [3.63, 3.8) is 0 Å². The van der Waals surface area contributed by atoms with Crippen molar-refractivity contribution >= 4 is 49.8 Å². The van der Waals surface area contributed by atoms with Gasteiger partial charge in [0.1, 0.15) is 11.5 Å². The Balaban J connectivity index is 1.34. The number of hydrogen-bond donors (Lipinski definition) is 4. The van der Waals surface area contributed by atoms with Crippen LogP contribution in [0.1, 0.15) is 130 Å². The third kappa shape index (κ3) is 13.2. The number of fused-ring (bicyclic) bond motifs is 1. The van der Waals surface area contributed by atoms with E-state index in [0.717, 1.165) is 31.7 Å². The van der Waals surface area contributed by atoms with Gasteiger partial charge in [0.25, 0.3) is 16.0 Å². The lowest BCUT2D eigenvalue weighted by atomic mass is 10.0. The Morgan fingerprint density at radius 2 is 1.30 bits per heavy atom. The number of unbranched alkanes of at least 4 members (excludes halogenated alkanes) is 15. The van der Waals surface area contributed by atoms with Crippen molar-refractivity contribution in [1.82, 2.24) is 0 Å². The van der Waals surface area contributed by atoms with Crippen LogP contribution >= 0.6 is 0 Å². The fourth-order valence-electron chi connectivity index (χ4n) is 6.32. The molecular weight excluding hydrogens is 707 g/mol. The molecule has 4 N–H and O–H groups in total. The summed E-state index contributed by atoms with van der Waals surface area (Å²) in [6.07, 6.45) is 19.9. The first kappa shape index (κ1) is 41.9. The number of phenols is 1. The molecule has 0 radical (unpaired) electrons. The van der Waals surface area contributed by atoms with Gasteiger partial charge in [0.2, 0.25) is 0 Å². The highest BCUT2D eigenvalue weighted by atomic mass is 32.2. The number of carboxylic acid groups (broad SMARTS) is 1. The molecule has 0 bridgehead atoms. The number of azo groups is 1. The van der Waals surface area contributed by atoms with Gasteiger partial charge in [-0.05, 0) is 48.9 Å². The zero-order valence-electron chi connectivity index (χ0n) is 31.1. The lowest BCUT2D eigenvalue weighted by Gasteiger charge is -2.15. The standard InChI is InChI=1S/C42H53N3O8S/c1-2-3-4-5-6-7-8-9-10-11-12-13-14-15-16-19-27-53-39-26-25-33(54(50,51)52)29-38(39)43-41(47)36-30-37(34-23-17-18-24-35(34)40(36)46)45-44-32-22-20-21-31(28-32)42(48)49/h17-18,20-26,28-30,46H,2-16,19,27H2,1H3,(H,43,47)(H,48,49)(H,50,51,52). The average molecular weight is 760 g/mol. The van der Waals surface area contributed by atoms with Crippen LogP contribution in [0.4, 0.5) is 17.1 Å².